The number of esters is 1. The molecule has 0 aromatic heterocycles. The molecule has 0 radical (unpaired) electrons. The zero-order valence-electron chi connectivity index (χ0n) is 18.5. The van der Waals surface area contributed by atoms with Gasteiger partial charge in [-0.15, -0.1) is 0 Å². The van der Waals surface area contributed by atoms with Gasteiger partial charge in [0, 0.05) is 0 Å². The van der Waals surface area contributed by atoms with Crippen LogP contribution >= 0.6 is 11.6 Å². The standard InChI is InChI=1S/C28H21ClN2O4/c29-25-14-8-7-13-24(25)26(32)35-23-17-15-20(16-18-23)19-30-31-27(33)28(34,21-9-3-1-4-10-21)22-11-5-2-6-12-22/h1-19,34H,(H,31,33)/b30-19+. The van der Waals surface area contributed by atoms with Gasteiger partial charge in [0.15, 0.2) is 5.60 Å². The molecule has 7 heteroatoms. The summed E-state index contributed by atoms with van der Waals surface area (Å²) in [4.78, 5) is 25.3. The lowest BCUT2D eigenvalue weighted by Gasteiger charge is -2.27. The minimum absolute atomic E-state index is 0.270. The van der Waals surface area contributed by atoms with Crippen LogP contribution in [0, 0.1) is 0 Å². The quantitative estimate of drug-likeness (QED) is 0.168. The summed E-state index contributed by atoms with van der Waals surface area (Å²) in [7, 11) is 0. The molecule has 0 aliphatic heterocycles. The van der Waals surface area contributed by atoms with Gasteiger partial charge in [-0.1, -0.05) is 84.4 Å². The zero-order chi connectivity index (χ0) is 24.7. The lowest BCUT2D eigenvalue weighted by Crippen LogP contribution is -2.43. The summed E-state index contributed by atoms with van der Waals surface area (Å²) in [6.45, 7) is 0. The van der Waals surface area contributed by atoms with Gasteiger partial charge in [0.05, 0.1) is 16.8 Å². The Labute approximate surface area is 207 Å². The van der Waals surface area contributed by atoms with Crippen LogP contribution < -0.4 is 10.2 Å². The summed E-state index contributed by atoms with van der Waals surface area (Å²) in [5, 5.41) is 15.7. The fraction of sp³-hybridized carbons (Fsp3) is 0.0357. The molecule has 0 aliphatic rings. The highest BCUT2D eigenvalue weighted by atomic mass is 35.5. The molecule has 0 saturated carbocycles. The van der Waals surface area contributed by atoms with E-state index in [4.69, 9.17) is 16.3 Å². The predicted molar refractivity (Wildman–Crippen MR) is 134 cm³/mol. The van der Waals surface area contributed by atoms with Gasteiger partial charge >= 0.3 is 5.97 Å². The fourth-order valence-corrected chi connectivity index (χ4v) is 3.66. The molecule has 0 fully saturated rings. The number of rotatable bonds is 7. The van der Waals surface area contributed by atoms with Crippen LogP contribution in [0.4, 0.5) is 0 Å². The van der Waals surface area contributed by atoms with E-state index in [1.54, 1.807) is 109 Å². The predicted octanol–water partition coefficient (Wildman–Crippen LogP) is 4.95. The van der Waals surface area contributed by atoms with E-state index in [9.17, 15) is 14.7 Å². The van der Waals surface area contributed by atoms with Gasteiger partial charge in [0.1, 0.15) is 5.75 Å². The average Bonchev–Trinajstić information content (AvgIpc) is 2.90. The van der Waals surface area contributed by atoms with E-state index in [1.165, 1.54) is 6.21 Å². The maximum absolute atomic E-state index is 13.1. The van der Waals surface area contributed by atoms with Gasteiger partial charge in [0.25, 0.3) is 5.91 Å². The van der Waals surface area contributed by atoms with Gasteiger partial charge in [0.2, 0.25) is 0 Å². The van der Waals surface area contributed by atoms with Crippen molar-refractivity contribution in [2.24, 2.45) is 5.10 Å². The van der Waals surface area contributed by atoms with Crippen molar-refractivity contribution in [2.45, 2.75) is 5.60 Å². The normalized spacial score (nSPS) is 11.3. The number of aliphatic hydroxyl groups is 1. The number of amides is 1. The van der Waals surface area contributed by atoms with Crippen molar-refractivity contribution < 1.29 is 19.4 Å². The van der Waals surface area contributed by atoms with Gasteiger partial charge in [-0.2, -0.15) is 5.10 Å². The van der Waals surface area contributed by atoms with Crippen LogP contribution in [-0.4, -0.2) is 23.2 Å². The molecule has 1 amide bonds. The van der Waals surface area contributed by atoms with Crippen LogP contribution in [0.25, 0.3) is 0 Å². The summed E-state index contributed by atoms with van der Waals surface area (Å²) in [6.07, 6.45) is 1.42. The van der Waals surface area contributed by atoms with Crippen LogP contribution in [0.1, 0.15) is 27.0 Å². The molecule has 0 atom stereocenters. The van der Waals surface area contributed by atoms with E-state index in [0.29, 0.717) is 27.5 Å². The van der Waals surface area contributed by atoms with Crippen molar-refractivity contribution in [1.82, 2.24) is 5.43 Å². The second-order valence-corrected chi connectivity index (χ2v) is 7.99. The SMILES string of the molecule is O=C(Oc1ccc(/C=N/NC(=O)C(O)(c2ccccc2)c2ccccc2)cc1)c1ccccc1Cl. The molecule has 4 aromatic carbocycles. The van der Waals surface area contributed by atoms with Gasteiger partial charge < -0.3 is 9.84 Å². The number of carbonyl (C=O) groups is 2. The Morgan fingerprint density at radius 2 is 1.34 bits per heavy atom. The Morgan fingerprint density at radius 1 is 0.800 bits per heavy atom. The third kappa shape index (κ3) is 5.46. The number of carbonyl (C=O) groups excluding carboxylic acids is 2. The minimum atomic E-state index is -1.92. The molecule has 4 aromatic rings. The van der Waals surface area contributed by atoms with Gasteiger partial charge in [-0.3, -0.25) is 4.79 Å². The van der Waals surface area contributed by atoms with Crippen molar-refractivity contribution in [3.05, 3.63) is 136 Å². The van der Waals surface area contributed by atoms with E-state index in [0.717, 1.165) is 0 Å². The van der Waals surface area contributed by atoms with Crippen LogP contribution in [0.2, 0.25) is 5.02 Å². The van der Waals surface area contributed by atoms with Crippen molar-refractivity contribution in [1.29, 1.82) is 0 Å². The largest absolute Gasteiger partial charge is 0.423 e. The molecule has 0 saturated heterocycles. The van der Waals surface area contributed by atoms with Gasteiger partial charge in [-0.05, 0) is 53.1 Å². The molecule has 174 valence electrons. The first kappa shape index (κ1) is 23.9. The molecule has 0 unspecified atom stereocenters. The summed E-state index contributed by atoms with van der Waals surface area (Å²) < 4.78 is 5.35. The van der Waals surface area contributed by atoms with Crippen LogP contribution in [0.15, 0.2) is 114 Å². The number of benzene rings is 4. The summed E-state index contributed by atoms with van der Waals surface area (Å²) in [6, 6.07) is 30.5. The van der Waals surface area contributed by atoms with E-state index in [1.807, 2.05) is 0 Å². The van der Waals surface area contributed by atoms with Gasteiger partial charge in [-0.25, -0.2) is 10.2 Å². The smallest absolute Gasteiger partial charge is 0.345 e. The van der Waals surface area contributed by atoms with E-state index in [-0.39, 0.29) is 5.56 Å². The molecule has 0 bridgehead atoms. The topological polar surface area (TPSA) is 88.0 Å². The molecule has 2 N–H and O–H groups in total. The minimum Gasteiger partial charge on any atom is -0.423 e. The third-order valence-corrected chi connectivity index (χ3v) is 5.61. The Bertz CT molecular complexity index is 1300. The molecule has 35 heavy (non-hydrogen) atoms. The van der Waals surface area contributed by atoms with Crippen molar-refractivity contribution in [3.63, 3.8) is 0 Å². The van der Waals surface area contributed by atoms with E-state index < -0.39 is 17.5 Å². The summed E-state index contributed by atoms with van der Waals surface area (Å²) in [5.74, 6) is -0.930. The van der Waals surface area contributed by atoms with E-state index in [2.05, 4.69) is 10.5 Å². The second kappa shape index (κ2) is 10.8. The lowest BCUT2D eigenvalue weighted by atomic mass is 9.85. The monoisotopic (exact) mass is 484 g/mol. The number of nitrogens with one attached hydrogen (secondary N) is 1. The van der Waals surface area contributed by atoms with Crippen molar-refractivity contribution >= 4 is 29.7 Å². The number of ether oxygens (including phenoxy) is 1. The first-order chi connectivity index (χ1) is 17.0. The summed E-state index contributed by atoms with van der Waals surface area (Å²) >= 11 is 6.03. The number of hydrazone groups is 1. The Hall–Kier alpha value is -4.26. The fourth-order valence-electron chi connectivity index (χ4n) is 3.44. The third-order valence-electron chi connectivity index (χ3n) is 5.28. The first-order valence-electron chi connectivity index (χ1n) is 10.7. The number of hydrogen-bond donors (Lipinski definition) is 2. The van der Waals surface area contributed by atoms with E-state index >= 15 is 0 Å². The average molecular weight is 485 g/mol. The lowest BCUT2D eigenvalue weighted by molar-refractivity contribution is -0.136. The Balaban J connectivity index is 1.45. The Morgan fingerprint density at radius 3 is 1.91 bits per heavy atom. The molecular weight excluding hydrogens is 464 g/mol. The molecule has 6 nitrogen and oxygen atoms in total. The molecule has 4 rings (SSSR count). The molecule has 0 spiro atoms. The summed E-state index contributed by atoms with van der Waals surface area (Å²) in [5.41, 5.74) is 2.26. The highest BCUT2D eigenvalue weighted by Crippen LogP contribution is 2.29. The maximum Gasteiger partial charge on any atom is 0.345 e. The molecular formula is C28H21ClN2O4. The highest BCUT2D eigenvalue weighted by Gasteiger charge is 2.39. The molecule has 0 aliphatic carbocycles. The second-order valence-electron chi connectivity index (χ2n) is 7.58. The zero-order valence-corrected chi connectivity index (χ0v) is 19.2. The van der Waals surface area contributed by atoms with Crippen LogP contribution in [0.3, 0.4) is 0 Å². The first-order valence-corrected chi connectivity index (χ1v) is 11.1. The Kier molecular flexibility index (Phi) is 7.35. The highest BCUT2D eigenvalue weighted by molar-refractivity contribution is 6.33. The maximum atomic E-state index is 13.1. The van der Waals surface area contributed by atoms with Crippen LogP contribution in [-0.2, 0) is 10.4 Å². The number of halogens is 1. The van der Waals surface area contributed by atoms with Crippen molar-refractivity contribution in [3.8, 4) is 5.75 Å². The van der Waals surface area contributed by atoms with Crippen molar-refractivity contribution in [2.75, 3.05) is 0 Å². The number of nitrogens with zero attached hydrogens (tertiary/aromatic N) is 1. The molecule has 0 heterocycles. The number of hydrogen-bond acceptors (Lipinski definition) is 5. The van der Waals surface area contributed by atoms with Crippen LogP contribution in [0.5, 0.6) is 5.75 Å².